The Labute approximate surface area is 490 Å². The van der Waals surface area contributed by atoms with E-state index in [-0.39, 0.29) is 93.0 Å². The summed E-state index contributed by atoms with van der Waals surface area (Å²) in [5.41, 5.74) is 18.8. The molecule has 16 N–H and O–H groups in total. The average molecular weight is 1200 g/mol. The van der Waals surface area contributed by atoms with Crippen molar-refractivity contribution in [3.63, 3.8) is 0 Å². The van der Waals surface area contributed by atoms with Crippen LogP contribution in [0.4, 0.5) is 11.6 Å². The molecular formula is C52H67BN18O11S2. The SMILES string of the molecule is CC(C)CC(B=O)NC(=O)C(Cc1ccccc1)NC(=O)c1cnc(CSSCCNC(=O)C(CC(=O)O)NC(=O)C(CCCN=C(N)N)NC(=O)CNC(=O)CCCNC(=O)c2ccc(NCc3cnc4nc(N)[nH]c(=O)c4n3)cc2)cn1. The second kappa shape index (κ2) is 34.4. The summed E-state index contributed by atoms with van der Waals surface area (Å²) in [6, 6.07) is 11.8. The molecule has 0 radical (unpaired) electrons. The molecule has 0 aliphatic carbocycles. The zero-order valence-corrected chi connectivity index (χ0v) is 47.7. The van der Waals surface area contributed by atoms with Gasteiger partial charge in [0.25, 0.3) is 11.5 Å². The fraction of sp³-hybridized carbons (Fsp3) is 0.404. The number of benzene rings is 2. The first-order valence-electron chi connectivity index (χ1n) is 26.5. The van der Waals surface area contributed by atoms with Crippen molar-refractivity contribution in [3.8, 4) is 0 Å². The van der Waals surface area contributed by atoms with Crippen LogP contribution >= 0.6 is 21.6 Å². The number of nitrogens with one attached hydrogen (secondary N) is 9. The quantitative estimate of drug-likeness (QED) is 0.00792. The molecule has 3 aromatic heterocycles. The second-order valence-electron chi connectivity index (χ2n) is 19.1. The number of nitrogens with zero attached hydrogens (tertiary/aromatic N) is 6. The molecule has 0 saturated heterocycles. The maximum absolute atomic E-state index is 13.6. The summed E-state index contributed by atoms with van der Waals surface area (Å²) >= 11 is 0. The van der Waals surface area contributed by atoms with Gasteiger partial charge in [-0.2, -0.15) is 4.98 Å². The number of rotatable bonds is 35. The van der Waals surface area contributed by atoms with Crippen LogP contribution in [0.1, 0.15) is 90.2 Å². The van der Waals surface area contributed by atoms with Gasteiger partial charge in [0.1, 0.15) is 12.1 Å². The Morgan fingerprint density at radius 3 is 2.18 bits per heavy atom. The molecule has 0 spiro atoms. The Hall–Kier alpha value is -9.07. The minimum atomic E-state index is -1.54. The van der Waals surface area contributed by atoms with Crippen molar-refractivity contribution in [1.29, 1.82) is 0 Å². The number of nitrogen functional groups attached to an aromatic ring is 1. The van der Waals surface area contributed by atoms with Gasteiger partial charge in [-0.1, -0.05) is 10.8 Å². The van der Waals surface area contributed by atoms with E-state index in [1.54, 1.807) is 24.3 Å². The van der Waals surface area contributed by atoms with Crippen LogP contribution in [0.15, 0.2) is 83.0 Å². The van der Waals surface area contributed by atoms with Crippen LogP contribution in [-0.2, 0) is 52.2 Å². The van der Waals surface area contributed by atoms with E-state index in [1.165, 1.54) is 40.2 Å². The molecule has 0 aliphatic rings. The van der Waals surface area contributed by atoms with E-state index in [9.17, 15) is 53.0 Å². The van der Waals surface area contributed by atoms with Crippen molar-refractivity contribution in [2.45, 2.75) is 95.2 Å². The number of hydrogen-bond acceptors (Lipinski definition) is 20. The van der Waals surface area contributed by atoms with Crippen molar-refractivity contribution >= 4 is 105 Å². The molecule has 446 valence electrons. The van der Waals surface area contributed by atoms with Crippen molar-refractivity contribution in [2.24, 2.45) is 22.4 Å². The van der Waals surface area contributed by atoms with E-state index in [0.29, 0.717) is 47.7 Å². The van der Waals surface area contributed by atoms with Crippen molar-refractivity contribution < 1.29 is 48.2 Å². The molecule has 4 atom stereocenters. The number of hydrogen-bond donors (Lipinski definition) is 13. The third kappa shape index (κ3) is 23.4. The molecule has 84 heavy (non-hydrogen) atoms. The molecule has 0 fully saturated rings. The molecular weight excluding hydrogens is 1130 g/mol. The minimum absolute atomic E-state index is 0.0324. The molecule has 4 unspecified atom stereocenters. The summed E-state index contributed by atoms with van der Waals surface area (Å²) < 4.78 is 11.7. The predicted octanol–water partition coefficient (Wildman–Crippen LogP) is -0.602. The first kappa shape index (κ1) is 65.7. The molecule has 5 rings (SSSR count). The maximum atomic E-state index is 13.6. The molecule has 0 aliphatic heterocycles. The van der Waals surface area contributed by atoms with E-state index in [1.807, 2.05) is 44.2 Å². The number of carbonyl (C=O) groups is 8. The number of aromatic amines is 1. The van der Waals surface area contributed by atoms with Gasteiger partial charge in [-0.15, -0.1) is 0 Å². The van der Waals surface area contributed by atoms with Crippen molar-refractivity contribution in [3.05, 3.63) is 112 Å². The standard InChI is InChI=1S/C52H67BN18O11S2/c1-29(2)20-39(53-82)69-48(79)36(21-30-8-4-3-5-9-30)67-49(80)38-26-61-34(25-62-38)28-84-83-19-18-58-46(77)37(22-42(74)75)68-47(78)35(10-6-17-59-51(54)55)66-41(73)27-63-40(72)11-7-16-57-45(76)31-12-14-32(15-13-31)60-23-33-24-64-44-43(65-33)50(81)71-52(56)70-44/h3-5,8-9,12-15,24-26,29,35-37,39,60H,6-7,10-11,16-23,27-28H2,1-2H3,(H,57,76)(H,58,77)(H,63,72)(H,66,73)(H,67,80)(H,68,78)(H,69,79)(H,74,75)(H4,54,55,59)(H3,56,64,70,71,81). The molecule has 32 heteroatoms. The number of aliphatic carboxylic acids is 1. The summed E-state index contributed by atoms with van der Waals surface area (Å²) in [6.07, 6.45) is 4.28. The number of carboxylic acids is 1. The molecule has 7 amide bonds. The predicted molar refractivity (Wildman–Crippen MR) is 315 cm³/mol. The number of carboxylic acid groups (broad SMARTS) is 1. The van der Waals surface area contributed by atoms with Crippen LogP contribution in [0, 0.1) is 5.92 Å². The van der Waals surface area contributed by atoms with E-state index >= 15 is 0 Å². The van der Waals surface area contributed by atoms with Crippen LogP contribution in [-0.4, -0.2) is 151 Å². The summed E-state index contributed by atoms with van der Waals surface area (Å²) in [4.78, 5) is 143. The summed E-state index contributed by atoms with van der Waals surface area (Å²) in [7, 11) is 3.38. The van der Waals surface area contributed by atoms with E-state index in [0.717, 1.165) is 5.56 Å². The van der Waals surface area contributed by atoms with Gasteiger partial charge in [0.05, 0.1) is 31.4 Å². The van der Waals surface area contributed by atoms with Gasteiger partial charge in [0, 0.05) is 43.1 Å². The number of aromatic nitrogens is 6. The Balaban J connectivity index is 1.02. The fourth-order valence-electron chi connectivity index (χ4n) is 7.76. The van der Waals surface area contributed by atoms with Gasteiger partial charge >= 0.3 is 181 Å². The summed E-state index contributed by atoms with van der Waals surface area (Å²) in [5.74, 6) is -6.05. The van der Waals surface area contributed by atoms with E-state index in [4.69, 9.17) is 17.2 Å². The Kier molecular flexibility index (Phi) is 26.9. The van der Waals surface area contributed by atoms with Gasteiger partial charge in [-0.25, -0.2) is 9.97 Å². The van der Waals surface area contributed by atoms with Crippen LogP contribution in [0.2, 0.25) is 0 Å². The number of anilines is 2. The van der Waals surface area contributed by atoms with Crippen molar-refractivity contribution in [2.75, 3.05) is 43.0 Å². The average Bonchev–Trinajstić information content (AvgIpc) is 3.63. The number of fused-ring (bicyclic) bond motifs is 1. The van der Waals surface area contributed by atoms with Gasteiger partial charge < -0.3 is 54.2 Å². The normalized spacial score (nSPS) is 12.3. The van der Waals surface area contributed by atoms with Crippen LogP contribution in [0.3, 0.4) is 0 Å². The Morgan fingerprint density at radius 1 is 0.750 bits per heavy atom. The zero-order valence-electron chi connectivity index (χ0n) is 46.1. The molecule has 2 aromatic carbocycles. The molecule has 29 nitrogen and oxygen atoms in total. The summed E-state index contributed by atoms with van der Waals surface area (Å²) in [5, 5.41) is 30.9. The van der Waals surface area contributed by atoms with Gasteiger partial charge in [0.2, 0.25) is 29.6 Å². The third-order valence-corrected chi connectivity index (χ3v) is 14.2. The van der Waals surface area contributed by atoms with E-state index < -0.39 is 89.9 Å². The van der Waals surface area contributed by atoms with E-state index in [2.05, 4.69) is 77.4 Å². The topological polar surface area (TPSA) is 458 Å². The Morgan fingerprint density at radius 2 is 1.49 bits per heavy atom. The van der Waals surface area contributed by atoms with Crippen molar-refractivity contribution in [1.82, 2.24) is 67.1 Å². The number of nitrogens with two attached hydrogens (primary N) is 3. The number of amides is 7. The first-order valence-corrected chi connectivity index (χ1v) is 29.0. The van der Waals surface area contributed by atoms with Gasteiger partial charge in [0.15, 0.2) is 17.1 Å². The molecule has 0 bridgehead atoms. The fourth-order valence-corrected chi connectivity index (χ4v) is 9.63. The number of H-pyrrole nitrogens is 1. The third-order valence-electron chi connectivity index (χ3n) is 11.9. The molecule has 0 saturated carbocycles. The zero-order chi connectivity index (χ0) is 61.0. The van der Waals surface area contributed by atoms with Crippen LogP contribution < -0.4 is 65.3 Å². The van der Waals surface area contributed by atoms with Gasteiger partial charge in [-0.3, -0.25) is 43.5 Å². The molecule has 3 heterocycles. The number of carbonyl (C=O) groups excluding carboxylic acids is 7. The van der Waals surface area contributed by atoms with Crippen LogP contribution in [0.5, 0.6) is 0 Å². The Bertz CT molecular complexity index is 3160. The number of aliphatic imine (C=N–C) groups is 1. The van der Waals surface area contributed by atoms with Gasteiger partial charge in [-0.05, 0) is 43.5 Å². The monoisotopic (exact) mass is 1190 g/mol. The molecule has 5 aromatic rings. The number of guanidine groups is 1. The second-order valence-corrected chi connectivity index (χ2v) is 21.7. The first-order chi connectivity index (χ1) is 40.3. The van der Waals surface area contributed by atoms with Crippen LogP contribution in [0.25, 0.3) is 11.2 Å². The summed E-state index contributed by atoms with van der Waals surface area (Å²) in [6.45, 7) is 3.81.